The van der Waals surface area contributed by atoms with Gasteiger partial charge in [0.2, 0.25) is 0 Å². The van der Waals surface area contributed by atoms with Crippen LogP contribution in [0.25, 0.3) is 21.8 Å². The lowest BCUT2D eigenvalue weighted by atomic mass is 9.70. The molecule has 2 N–H and O–H groups in total. The fourth-order valence-electron chi connectivity index (χ4n) is 8.85. The molecule has 2 atom stereocenters. The van der Waals surface area contributed by atoms with E-state index in [1.807, 2.05) is 14.1 Å². The highest BCUT2D eigenvalue weighted by Gasteiger charge is 2.42. The fourth-order valence-corrected chi connectivity index (χ4v) is 8.85. The molecule has 10 nitrogen and oxygen atoms in total. The number of aromatic nitrogens is 2. The molecule has 0 saturated carbocycles. The number of nitrogens with one attached hydrogen (secondary N) is 2. The van der Waals surface area contributed by atoms with Crippen molar-refractivity contribution in [2.45, 2.75) is 72.1 Å². The molecule has 1 fully saturated rings. The number of nitrogens with zero attached hydrogens (tertiary/aromatic N) is 5. The summed E-state index contributed by atoms with van der Waals surface area (Å²) in [6, 6.07) is 7.21. The lowest BCUT2D eigenvalue weighted by molar-refractivity contribution is 0.0948. The van der Waals surface area contributed by atoms with Crippen LogP contribution < -0.4 is 10.9 Å². The zero-order valence-corrected chi connectivity index (χ0v) is 28.1. The second-order valence-corrected chi connectivity index (χ2v) is 15.9. The average Bonchev–Trinajstić information content (AvgIpc) is 3.76. The van der Waals surface area contributed by atoms with Crippen molar-refractivity contribution in [3.63, 3.8) is 0 Å². The van der Waals surface area contributed by atoms with Gasteiger partial charge in [-0.15, -0.1) is 0 Å². The average molecular weight is 650 g/mol. The van der Waals surface area contributed by atoms with Crippen molar-refractivity contribution in [3.05, 3.63) is 69.3 Å². The zero-order valence-electron chi connectivity index (χ0n) is 28.1. The van der Waals surface area contributed by atoms with Crippen molar-refractivity contribution < 1.29 is 18.7 Å². The number of carbonyl (C=O) groups is 2. The molecule has 4 aromatic rings. The molecule has 5 aliphatic rings. The van der Waals surface area contributed by atoms with Gasteiger partial charge in [-0.1, -0.05) is 20.8 Å². The first-order valence-electron chi connectivity index (χ1n) is 16.9. The number of epoxide rings is 1. The van der Waals surface area contributed by atoms with E-state index in [0.717, 1.165) is 88.2 Å². The second kappa shape index (κ2) is 10.1. The van der Waals surface area contributed by atoms with E-state index in [4.69, 9.17) is 4.74 Å². The number of ether oxygens (including phenoxy) is 1. The molecule has 11 heteroatoms. The topological polar surface area (TPSA) is 109 Å². The molecule has 2 aromatic heterocycles. The Balaban J connectivity index is 1.19. The molecule has 0 bridgehead atoms. The highest BCUT2D eigenvalue weighted by atomic mass is 19.1. The smallest absolute Gasteiger partial charge is 0.272 e. The summed E-state index contributed by atoms with van der Waals surface area (Å²) in [7, 11) is 4.05. The molecule has 48 heavy (non-hydrogen) atoms. The van der Waals surface area contributed by atoms with Crippen LogP contribution in [0.5, 0.6) is 0 Å². The van der Waals surface area contributed by atoms with Crippen LogP contribution in [-0.2, 0) is 37.1 Å². The summed E-state index contributed by atoms with van der Waals surface area (Å²) in [5.41, 5.74) is 15.3. The minimum atomic E-state index is -0.436. The number of hydrogen-bond acceptors (Lipinski definition) is 6. The van der Waals surface area contributed by atoms with Crippen LogP contribution in [0.3, 0.4) is 0 Å². The van der Waals surface area contributed by atoms with Crippen LogP contribution in [0.4, 0.5) is 4.39 Å². The molecule has 3 aliphatic heterocycles. The van der Waals surface area contributed by atoms with Crippen molar-refractivity contribution in [2.24, 2.45) is 21.0 Å². The summed E-state index contributed by atoms with van der Waals surface area (Å²) in [5.74, 6) is -1.01. The largest absolute Gasteiger partial charge is 0.371 e. The molecular weight excluding hydrogens is 609 g/mol. The molecule has 248 valence electrons. The summed E-state index contributed by atoms with van der Waals surface area (Å²) in [6.45, 7) is 9.70. The Morgan fingerprint density at radius 1 is 0.875 bits per heavy atom. The van der Waals surface area contributed by atoms with Crippen molar-refractivity contribution in [3.8, 4) is 0 Å². The third-order valence-corrected chi connectivity index (χ3v) is 10.9. The predicted molar refractivity (Wildman–Crippen MR) is 182 cm³/mol. The van der Waals surface area contributed by atoms with Gasteiger partial charge in [0.1, 0.15) is 5.82 Å². The number of amides is 2. The van der Waals surface area contributed by atoms with Crippen LogP contribution >= 0.6 is 0 Å². The van der Waals surface area contributed by atoms with Crippen LogP contribution in [0.1, 0.15) is 82.4 Å². The molecule has 2 aliphatic carbocycles. The Hall–Kier alpha value is -4.35. The summed E-state index contributed by atoms with van der Waals surface area (Å²) in [5, 5.41) is 11.1. The minimum absolute atomic E-state index is 0.0103. The number of rotatable bonds is 7. The van der Waals surface area contributed by atoms with Crippen molar-refractivity contribution in [1.82, 2.24) is 24.9 Å². The molecule has 2 amide bonds. The molecule has 0 radical (unpaired) electrons. The number of benzene rings is 2. The van der Waals surface area contributed by atoms with Gasteiger partial charge in [-0.25, -0.2) is 15.2 Å². The van der Waals surface area contributed by atoms with E-state index < -0.39 is 11.7 Å². The van der Waals surface area contributed by atoms with Gasteiger partial charge in [0.15, 0.2) is 0 Å². The van der Waals surface area contributed by atoms with Gasteiger partial charge in [-0.3, -0.25) is 9.59 Å². The first-order chi connectivity index (χ1) is 22.9. The second-order valence-electron chi connectivity index (χ2n) is 15.9. The lowest BCUT2D eigenvalue weighted by Crippen LogP contribution is -2.34. The van der Waals surface area contributed by atoms with E-state index in [2.05, 4.69) is 68.0 Å². The van der Waals surface area contributed by atoms with Gasteiger partial charge in [-0.2, -0.15) is 10.2 Å². The number of carbonyl (C=O) groups excluding carboxylic acids is 2. The quantitative estimate of drug-likeness (QED) is 0.282. The minimum Gasteiger partial charge on any atom is -0.371 e. The molecule has 0 spiro atoms. The fraction of sp³-hybridized carbons (Fsp3) is 0.459. The maximum Gasteiger partial charge on any atom is 0.272 e. The van der Waals surface area contributed by atoms with Gasteiger partial charge < -0.3 is 18.8 Å². The van der Waals surface area contributed by atoms with Gasteiger partial charge >= 0.3 is 0 Å². The van der Waals surface area contributed by atoms with Crippen LogP contribution in [0.15, 0.2) is 34.5 Å². The zero-order chi connectivity index (χ0) is 33.3. The van der Waals surface area contributed by atoms with E-state index in [1.54, 1.807) is 6.07 Å². The summed E-state index contributed by atoms with van der Waals surface area (Å²) >= 11 is 0. The lowest BCUT2D eigenvalue weighted by Gasteiger charge is -2.35. The van der Waals surface area contributed by atoms with Gasteiger partial charge in [0.05, 0.1) is 52.8 Å². The van der Waals surface area contributed by atoms with E-state index >= 15 is 4.39 Å². The van der Waals surface area contributed by atoms with E-state index in [0.29, 0.717) is 36.9 Å². The number of halogens is 1. The maximum atomic E-state index is 15.0. The Labute approximate surface area is 278 Å². The third-order valence-electron chi connectivity index (χ3n) is 10.9. The van der Waals surface area contributed by atoms with E-state index in [1.165, 1.54) is 11.8 Å². The first kappa shape index (κ1) is 29.8. The SMILES string of the molecule is CN(C)CCn1c2c3c4c(cc(F)cc41)C(=O)NN=C3CC(C)(Cc1cc3c4c5c(n(CC6CO6)c4c1)CC(C)(C)CC5=NNC3=O)C2. The first-order valence-corrected chi connectivity index (χ1v) is 16.9. The maximum absolute atomic E-state index is 15.0. The highest BCUT2D eigenvalue weighted by Crippen LogP contribution is 2.46. The number of likely N-dealkylation sites (N-methyl/N-ethyl adjacent to an activating group) is 1. The Kier molecular flexibility index (Phi) is 6.25. The number of hydrazone groups is 2. The van der Waals surface area contributed by atoms with Crippen LogP contribution in [0.2, 0.25) is 0 Å². The summed E-state index contributed by atoms with van der Waals surface area (Å²) < 4.78 is 25.3. The highest BCUT2D eigenvalue weighted by molar-refractivity contribution is 6.22. The Morgan fingerprint density at radius 3 is 2.17 bits per heavy atom. The van der Waals surface area contributed by atoms with Gasteiger partial charge in [0.25, 0.3) is 11.8 Å². The van der Waals surface area contributed by atoms with Crippen LogP contribution in [-0.4, -0.2) is 70.6 Å². The van der Waals surface area contributed by atoms with Gasteiger partial charge in [0, 0.05) is 46.4 Å². The molecule has 1 saturated heterocycles. The molecule has 2 unspecified atom stereocenters. The van der Waals surface area contributed by atoms with E-state index in [-0.39, 0.29) is 22.8 Å². The normalized spacial score (nSPS) is 23.5. The third kappa shape index (κ3) is 4.58. The molecule has 9 rings (SSSR count). The molecule has 5 heterocycles. The monoisotopic (exact) mass is 649 g/mol. The summed E-state index contributed by atoms with van der Waals surface area (Å²) in [4.78, 5) is 29.0. The Morgan fingerprint density at radius 2 is 1.50 bits per heavy atom. The summed E-state index contributed by atoms with van der Waals surface area (Å²) in [6.07, 6.45) is 3.90. The van der Waals surface area contributed by atoms with Crippen molar-refractivity contribution >= 4 is 45.0 Å². The number of hydrogen-bond donors (Lipinski definition) is 2. The van der Waals surface area contributed by atoms with E-state index in [9.17, 15) is 9.59 Å². The van der Waals surface area contributed by atoms with Gasteiger partial charge in [-0.05, 0) is 86.9 Å². The van der Waals surface area contributed by atoms with Crippen LogP contribution in [0, 0.1) is 16.6 Å². The molecule has 2 aromatic carbocycles. The van der Waals surface area contributed by atoms with Crippen molar-refractivity contribution in [1.29, 1.82) is 0 Å². The predicted octanol–water partition coefficient (Wildman–Crippen LogP) is 4.76. The standard InChI is InChI=1S/C37H40FN7O3/c1-36(2)13-24-32-28(15-36)45(17-21-18-48-21)26-9-19(8-22(30(26)32)34(46)41-39-24)12-37(3)14-25-33-29(16-37)44(7-6-43(4)5)27-11-20(38)10-23(31(27)33)35(47)42-40-25/h8-11,21H,6-7,12-18H2,1-5H3,(H,41,46)(H,42,47). The Bertz CT molecular complexity index is 2180. The van der Waals surface area contributed by atoms with Crippen molar-refractivity contribution in [2.75, 3.05) is 27.2 Å². The molecular formula is C37H40FN7O3.